The van der Waals surface area contributed by atoms with Crippen LogP contribution in [0.25, 0.3) is 10.9 Å². The molecule has 0 aliphatic carbocycles. The first kappa shape index (κ1) is 17.4. The molecule has 1 aromatic heterocycles. The van der Waals surface area contributed by atoms with E-state index in [4.69, 9.17) is 4.74 Å². The van der Waals surface area contributed by atoms with Gasteiger partial charge in [-0.15, -0.1) is 0 Å². The molecule has 0 bridgehead atoms. The summed E-state index contributed by atoms with van der Waals surface area (Å²) in [6.45, 7) is 0.590. The average molecular weight is 419 g/mol. The molecule has 0 aliphatic rings. The Morgan fingerprint density at radius 2 is 1.52 bits per heavy atom. The summed E-state index contributed by atoms with van der Waals surface area (Å²) in [5.74, 6) is 0.140. The molecular weight excluding hydrogens is 402 g/mol. The van der Waals surface area contributed by atoms with Crippen molar-refractivity contribution in [3.63, 3.8) is 0 Å². The lowest BCUT2D eigenvalue weighted by atomic mass is 10.1. The molecule has 132 valence electrons. The number of nitrogens with zero attached hydrogens (tertiary/aromatic N) is 1. The summed E-state index contributed by atoms with van der Waals surface area (Å²) in [6.07, 6.45) is 0. The summed E-state index contributed by atoms with van der Waals surface area (Å²) < 4.78 is 8.55. The second-order valence-electron chi connectivity index (χ2n) is 6.19. The first-order chi connectivity index (χ1) is 13.2. The fourth-order valence-electron chi connectivity index (χ4n) is 3.04. The third kappa shape index (κ3) is 3.91. The summed E-state index contributed by atoms with van der Waals surface area (Å²) in [4.78, 5) is 12.9. The van der Waals surface area contributed by atoms with Gasteiger partial charge in [0.2, 0.25) is 5.52 Å². The Morgan fingerprint density at radius 3 is 2.30 bits per heavy atom. The van der Waals surface area contributed by atoms with E-state index in [0.29, 0.717) is 18.0 Å². The number of hydrogen-bond acceptors (Lipinski definition) is 2. The molecule has 0 saturated heterocycles. The second kappa shape index (κ2) is 7.72. The van der Waals surface area contributed by atoms with E-state index >= 15 is 0 Å². The van der Waals surface area contributed by atoms with Gasteiger partial charge in [-0.25, -0.2) is 4.79 Å². The van der Waals surface area contributed by atoms with Crippen LogP contribution in [-0.4, -0.2) is 5.97 Å². The Hall–Kier alpha value is -2.98. The van der Waals surface area contributed by atoms with Gasteiger partial charge in [-0.05, 0) is 36.4 Å². The second-order valence-corrected chi connectivity index (χ2v) is 7.11. The van der Waals surface area contributed by atoms with E-state index in [2.05, 4.69) is 28.1 Å². The lowest BCUT2D eigenvalue weighted by molar-refractivity contribution is -0.664. The van der Waals surface area contributed by atoms with Gasteiger partial charge >= 0.3 is 5.97 Å². The maximum atomic E-state index is 12.9. The zero-order chi connectivity index (χ0) is 18.6. The highest BCUT2D eigenvalue weighted by atomic mass is 79.9. The maximum Gasteiger partial charge on any atom is 0.409 e. The van der Waals surface area contributed by atoms with Gasteiger partial charge in [0, 0.05) is 27.6 Å². The van der Waals surface area contributed by atoms with Gasteiger partial charge < -0.3 is 4.74 Å². The summed E-state index contributed by atoms with van der Waals surface area (Å²) in [5, 5.41) is 1.08. The smallest absolute Gasteiger partial charge is 0.409 e. The van der Waals surface area contributed by atoms with Crippen LogP contribution in [0.3, 0.4) is 0 Å². The van der Waals surface area contributed by atoms with Crippen molar-refractivity contribution in [3.8, 4) is 5.75 Å². The number of rotatable bonds is 4. The fourth-order valence-corrected chi connectivity index (χ4v) is 3.30. The van der Waals surface area contributed by atoms with Crippen molar-refractivity contribution < 1.29 is 14.1 Å². The van der Waals surface area contributed by atoms with Gasteiger partial charge in [0.15, 0.2) is 6.54 Å². The highest BCUT2D eigenvalue weighted by Crippen LogP contribution is 2.18. The number of carbonyl (C=O) groups is 1. The van der Waals surface area contributed by atoms with Crippen LogP contribution in [0.1, 0.15) is 16.1 Å². The van der Waals surface area contributed by atoms with Crippen molar-refractivity contribution in [2.75, 3.05) is 0 Å². The number of pyridine rings is 1. The number of aromatic nitrogens is 1. The molecule has 0 aliphatic heterocycles. The molecule has 0 fully saturated rings. The Balaban J connectivity index is 1.75. The van der Waals surface area contributed by atoms with Crippen molar-refractivity contribution in [1.82, 2.24) is 0 Å². The average Bonchev–Trinajstić information content (AvgIpc) is 2.71. The van der Waals surface area contributed by atoms with Crippen LogP contribution in [-0.2, 0) is 6.54 Å². The summed E-state index contributed by atoms with van der Waals surface area (Å²) >= 11 is 3.39. The lowest BCUT2D eigenvalue weighted by Gasteiger charge is -2.08. The number of hydrogen-bond donors (Lipinski definition) is 0. The quantitative estimate of drug-likeness (QED) is 0.260. The minimum absolute atomic E-state index is 0.376. The van der Waals surface area contributed by atoms with Crippen molar-refractivity contribution in [1.29, 1.82) is 0 Å². The first-order valence-corrected chi connectivity index (χ1v) is 9.43. The molecule has 0 saturated carbocycles. The molecule has 27 heavy (non-hydrogen) atoms. The molecule has 4 aromatic rings. The number of benzene rings is 3. The molecule has 3 aromatic carbocycles. The predicted molar refractivity (Wildman–Crippen MR) is 109 cm³/mol. The zero-order valence-electron chi connectivity index (χ0n) is 14.5. The number of esters is 1. The number of halogens is 1. The van der Waals surface area contributed by atoms with Gasteiger partial charge in [-0.3, -0.25) is 0 Å². The van der Waals surface area contributed by atoms with Crippen LogP contribution >= 0.6 is 15.9 Å². The molecule has 0 spiro atoms. The summed E-state index contributed by atoms with van der Waals surface area (Å²) in [6, 6.07) is 29.1. The Bertz CT molecular complexity index is 1090. The van der Waals surface area contributed by atoms with Crippen LogP contribution in [0, 0.1) is 0 Å². The summed E-state index contributed by atoms with van der Waals surface area (Å²) in [7, 11) is 0. The van der Waals surface area contributed by atoms with Gasteiger partial charge in [0.1, 0.15) is 5.75 Å². The van der Waals surface area contributed by atoms with E-state index in [1.807, 2.05) is 71.3 Å². The fraction of sp³-hybridized carbons (Fsp3) is 0.0435. The molecule has 0 atom stereocenters. The van der Waals surface area contributed by atoms with Gasteiger partial charge in [0.05, 0.1) is 0 Å². The standard InChI is InChI=1S/C23H17BrNO2/c24-19-11-13-20(14-12-19)27-23(26)22-15-10-18-8-4-5-9-21(18)25(22)16-17-6-2-1-3-7-17/h1-15H,16H2/q+1. The van der Waals surface area contributed by atoms with Crippen molar-refractivity contribution >= 4 is 32.8 Å². The summed E-state index contributed by atoms with van der Waals surface area (Å²) in [5.41, 5.74) is 2.63. The van der Waals surface area contributed by atoms with E-state index < -0.39 is 0 Å². The SMILES string of the molecule is O=C(Oc1ccc(Br)cc1)c1ccc2ccccc2[n+]1Cc1ccccc1. The highest BCUT2D eigenvalue weighted by Gasteiger charge is 2.24. The van der Waals surface area contributed by atoms with Crippen LogP contribution < -0.4 is 9.30 Å². The van der Waals surface area contributed by atoms with E-state index in [-0.39, 0.29) is 5.97 Å². The van der Waals surface area contributed by atoms with Gasteiger partial charge in [-0.1, -0.05) is 58.4 Å². The predicted octanol–water partition coefficient (Wildman–Crippen LogP) is 5.16. The molecule has 4 rings (SSSR count). The van der Waals surface area contributed by atoms with Gasteiger partial charge in [-0.2, -0.15) is 4.57 Å². The number of ether oxygens (including phenoxy) is 1. The third-order valence-corrected chi connectivity index (χ3v) is 4.88. The zero-order valence-corrected chi connectivity index (χ0v) is 16.1. The molecular formula is C23H17BrNO2+. The molecule has 1 heterocycles. The topological polar surface area (TPSA) is 30.2 Å². The highest BCUT2D eigenvalue weighted by molar-refractivity contribution is 9.10. The maximum absolute atomic E-state index is 12.9. The molecule has 0 radical (unpaired) electrons. The van der Waals surface area contributed by atoms with E-state index in [1.165, 1.54) is 0 Å². The molecule has 3 nitrogen and oxygen atoms in total. The van der Waals surface area contributed by atoms with Crippen LogP contribution in [0.15, 0.2) is 95.5 Å². The molecule has 0 N–H and O–H groups in total. The van der Waals surface area contributed by atoms with Crippen LogP contribution in [0.4, 0.5) is 0 Å². The van der Waals surface area contributed by atoms with Crippen molar-refractivity contribution in [2.24, 2.45) is 0 Å². The number of fused-ring (bicyclic) bond motifs is 1. The van der Waals surface area contributed by atoms with Crippen molar-refractivity contribution in [2.45, 2.75) is 6.54 Å². The third-order valence-electron chi connectivity index (χ3n) is 4.36. The number of carbonyl (C=O) groups excluding carboxylic acids is 1. The normalized spacial score (nSPS) is 10.7. The van der Waals surface area contributed by atoms with Crippen LogP contribution in [0.2, 0.25) is 0 Å². The minimum Gasteiger partial charge on any atom is -0.419 e. The Labute approximate surface area is 166 Å². The Morgan fingerprint density at radius 1 is 0.815 bits per heavy atom. The lowest BCUT2D eigenvalue weighted by Crippen LogP contribution is -2.42. The van der Waals surface area contributed by atoms with Gasteiger partial charge in [0.25, 0.3) is 5.69 Å². The Kier molecular flexibility index (Phi) is 4.99. The largest absolute Gasteiger partial charge is 0.419 e. The number of para-hydroxylation sites is 1. The molecule has 4 heteroatoms. The minimum atomic E-state index is -0.376. The molecule has 0 unspecified atom stereocenters. The van der Waals surface area contributed by atoms with Crippen molar-refractivity contribution in [3.05, 3.63) is 107 Å². The van der Waals surface area contributed by atoms with E-state index in [0.717, 1.165) is 20.9 Å². The monoisotopic (exact) mass is 418 g/mol. The van der Waals surface area contributed by atoms with E-state index in [9.17, 15) is 4.79 Å². The molecule has 0 amide bonds. The van der Waals surface area contributed by atoms with E-state index in [1.54, 1.807) is 12.1 Å². The van der Waals surface area contributed by atoms with Crippen LogP contribution in [0.5, 0.6) is 5.75 Å². The first-order valence-electron chi connectivity index (χ1n) is 8.64.